The number of nitrogens with zero attached hydrogens (tertiary/aromatic N) is 4. The van der Waals surface area contributed by atoms with Crippen LogP contribution in [0.1, 0.15) is 11.1 Å². The molecule has 0 unspecified atom stereocenters. The maximum absolute atomic E-state index is 12.5. The number of hydrogen-bond donors (Lipinski definition) is 0. The number of fused-ring (bicyclic) bond motifs is 1. The van der Waals surface area contributed by atoms with Crippen LogP contribution >= 0.6 is 11.8 Å². The normalized spacial score (nSPS) is 13.1. The van der Waals surface area contributed by atoms with Crippen LogP contribution in [0.15, 0.2) is 46.7 Å². The van der Waals surface area contributed by atoms with Crippen molar-refractivity contribution in [3.63, 3.8) is 0 Å². The molecule has 4 rings (SSSR count). The van der Waals surface area contributed by atoms with Gasteiger partial charge in [-0.1, -0.05) is 11.8 Å². The molecule has 3 aromatic rings. The molecule has 0 fully saturated rings. The van der Waals surface area contributed by atoms with Crippen LogP contribution in [0, 0.1) is 6.92 Å². The molecule has 7 nitrogen and oxygen atoms in total. The quantitative estimate of drug-likeness (QED) is 0.581. The van der Waals surface area contributed by atoms with Crippen LogP contribution in [0.5, 0.6) is 17.2 Å². The highest BCUT2D eigenvalue weighted by atomic mass is 32.2. The summed E-state index contributed by atoms with van der Waals surface area (Å²) in [7, 11) is 3.16. The first-order valence-corrected chi connectivity index (χ1v) is 9.93. The van der Waals surface area contributed by atoms with E-state index in [-0.39, 0.29) is 5.75 Å². The second-order valence-corrected chi connectivity index (χ2v) is 7.32. The van der Waals surface area contributed by atoms with Gasteiger partial charge >= 0.3 is 6.61 Å². The summed E-state index contributed by atoms with van der Waals surface area (Å²) < 4.78 is 42.0. The van der Waals surface area contributed by atoms with Crippen molar-refractivity contribution < 1.29 is 23.0 Å². The molecule has 1 aromatic heterocycles. The third-order valence-corrected chi connectivity index (χ3v) is 5.47. The van der Waals surface area contributed by atoms with Gasteiger partial charge in [0.1, 0.15) is 17.2 Å². The van der Waals surface area contributed by atoms with Crippen molar-refractivity contribution in [3.05, 3.63) is 47.5 Å². The minimum Gasteiger partial charge on any atom is -0.497 e. The number of halogens is 2. The van der Waals surface area contributed by atoms with Gasteiger partial charge in [0.05, 0.1) is 25.5 Å². The second kappa shape index (κ2) is 8.31. The Morgan fingerprint density at radius 1 is 1.03 bits per heavy atom. The fourth-order valence-corrected chi connectivity index (χ4v) is 3.92. The smallest absolute Gasteiger partial charge is 0.387 e. The number of rotatable bonds is 6. The zero-order chi connectivity index (χ0) is 21.3. The van der Waals surface area contributed by atoms with Crippen LogP contribution in [-0.4, -0.2) is 47.2 Å². The number of benzene rings is 2. The highest BCUT2D eigenvalue weighted by molar-refractivity contribution is 7.99. The van der Waals surface area contributed by atoms with E-state index in [1.54, 1.807) is 50.1 Å². The summed E-state index contributed by atoms with van der Waals surface area (Å²) in [5.41, 5.74) is 2.87. The van der Waals surface area contributed by atoms with Crippen LogP contribution < -0.4 is 14.2 Å². The molecule has 1 aliphatic heterocycles. The molecule has 2 heterocycles. The Hall–Kier alpha value is -3.14. The van der Waals surface area contributed by atoms with Gasteiger partial charge in [-0.25, -0.2) is 0 Å². The molecule has 0 saturated carbocycles. The number of aryl methyl sites for hydroxylation is 1. The molecule has 0 saturated heterocycles. The largest absolute Gasteiger partial charge is 0.497 e. The zero-order valence-electron chi connectivity index (χ0n) is 16.4. The Morgan fingerprint density at radius 2 is 1.83 bits per heavy atom. The molecule has 30 heavy (non-hydrogen) atoms. The average molecular weight is 432 g/mol. The topological polar surface area (TPSA) is 70.8 Å². The zero-order valence-corrected chi connectivity index (χ0v) is 17.2. The van der Waals surface area contributed by atoms with Gasteiger partial charge in [-0.15, -0.1) is 10.2 Å². The van der Waals surface area contributed by atoms with Gasteiger partial charge < -0.3 is 14.2 Å². The first-order chi connectivity index (χ1) is 14.5. The highest BCUT2D eigenvalue weighted by Gasteiger charge is 2.23. The Morgan fingerprint density at radius 3 is 2.53 bits per heavy atom. The fraction of sp³-hybridized carbons (Fsp3) is 0.250. The minimum absolute atomic E-state index is 0.143. The van der Waals surface area contributed by atoms with Crippen molar-refractivity contribution in [2.75, 3.05) is 20.0 Å². The first-order valence-electron chi connectivity index (χ1n) is 8.94. The standard InChI is InChI=1S/C20H18F2N4O3S/c1-11-8-12(4-6-16(11)29-19(21)22)15-10-30-20-24-23-18(26(20)25-15)14-9-13(27-2)5-7-17(14)28-3/h4-9,19H,10H2,1-3H3. The number of alkyl halides is 2. The fourth-order valence-electron chi connectivity index (χ4n) is 3.08. The van der Waals surface area contributed by atoms with E-state index in [1.165, 1.54) is 17.8 Å². The molecule has 0 bridgehead atoms. The Bertz CT molecular complexity index is 1120. The number of ether oxygens (including phenoxy) is 3. The van der Waals surface area contributed by atoms with Gasteiger partial charge in [0.2, 0.25) is 5.16 Å². The van der Waals surface area contributed by atoms with E-state index in [9.17, 15) is 8.78 Å². The van der Waals surface area contributed by atoms with Crippen LogP contribution in [0.3, 0.4) is 0 Å². The summed E-state index contributed by atoms with van der Waals surface area (Å²) in [4.78, 5) is 0. The summed E-state index contributed by atoms with van der Waals surface area (Å²) in [5, 5.41) is 13.9. The maximum atomic E-state index is 12.5. The molecule has 0 radical (unpaired) electrons. The van der Waals surface area contributed by atoms with Crippen molar-refractivity contribution in [2.24, 2.45) is 5.10 Å². The molecule has 0 aliphatic carbocycles. The van der Waals surface area contributed by atoms with E-state index in [0.29, 0.717) is 39.4 Å². The molecule has 10 heteroatoms. The number of hydrogen-bond acceptors (Lipinski definition) is 7. The van der Waals surface area contributed by atoms with Crippen LogP contribution in [0.25, 0.3) is 11.4 Å². The lowest BCUT2D eigenvalue weighted by atomic mass is 10.1. The Balaban J connectivity index is 1.75. The Kier molecular flexibility index (Phi) is 5.58. The summed E-state index contributed by atoms with van der Waals surface area (Å²) in [5.74, 6) is 2.50. The average Bonchev–Trinajstić information content (AvgIpc) is 3.17. The SMILES string of the molecule is COc1ccc(OC)c(-c2nnc3n2N=C(c2ccc(OC(F)F)c(C)c2)CS3)c1. The number of thioether (sulfide) groups is 1. The minimum atomic E-state index is -2.86. The van der Waals surface area contributed by atoms with Crippen LogP contribution in [0.2, 0.25) is 0 Å². The monoisotopic (exact) mass is 432 g/mol. The third-order valence-electron chi connectivity index (χ3n) is 4.54. The lowest BCUT2D eigenvalue weighted by Gasteiger charge is -2.16. The summed E-state index contributed by atoms with van der Waals surface area (Å²) in [6.07, 6.45) is 0. The number of methoxy groups -OCH3 is 2. The summed E-state index contributed by atoms with van der Waals surface area (Å²) in [6, 6.07) is 10.4. The van der Waals surface area contributed by atoms with Crippen LogP contribution in [-0.2, 0) is 0 Å². The molecule has 0 spiro atoms. The predicted molar refractivity (Wildman–Crippen MR) is 109 cm³/mol. The van der Waals surface area contributed by atoms with E-state index in [1.807, 2.05) is 6.07 Å². The molecule has 2 aromatic carbocycles. The predicted octanol–water partition coefficient (Wildman–Crippen LogP) is 4.23. The second-order valence-electron chi connectivity index (χ2n) is 6.38. The van der Waals surface area contributed by atoms with Crippen molar-refractivity contribution in [3.8, 4) is 28.6 Å². The van der Waals surface area contributed by atoms with Gasteiger partial charge in [-0.2, -0.15) is 18.6 Å². The lowest BCUT2D eigenvalue weighted by Crippen LogP contribution is -2.14. The van der Waals surface area contributed by atoms with Gasteiger partial charge in [0.25, 0.3) is 0 Å². The molecule has 156 valence electrons. The maximum Gasteiger partial charge on any atom is 0.387 e. The van der Waals surface area contributed by atoms with Gasteiger partial charge in [-0.3, -0.25) is 0 Å². The first kappa shape index (κ1) is 20.1. The van der Waals surface area contributed by atoms with Crippen molar-refractivity contribution in [1.29, 1.82) is 0 Å². The third kappa shape index (κ3) is 3.82. The van der Waals surface area contributed by atoms with Crippen LogP contribution in [0.4, 0.5) is 8.78 Å². The number of aromatic nitrogens is 3. The van der Waals surface area contributed by atoms with E-state index in [2.05, 4.69) is 14.9 Å². The summed E-state index contributed by atoms with van der Waals surface area (Å²) in [6.45, 7) is -1.15. The van der Waals surface area contributed by atoms with E-state index in [4.69, 9.17) is 14.6 Å². The molecule has 0 amide bonds. The highest BCUT2D eigenvalue weighted by Crippen LogP contribution is 2.35. The van der Waals surface area contributed by atoms with E-state index in [0.717, 1.165) is 11.3 Å². The van der Waals surface area contributed by atoms with Crippen molar-refractivity contribution in [2.45, 2.75) is 18.7 Å². The van der Waals surface area contributed by atoms with Gasteiger partial charge in [-0.05, 0) is 54.4 Å². The van der Waals surface area contributed by atoms with E-state index >= 15 is 0 Å². The van der Waals surface area contributed by atoms with Gasteiger partial charge in [0, 0.05) is 5.75 Å². The summed E-state index contributed by atoms with van der Waals surface area (Å²) >= 11 is 1.49. The van der Waals surface area contributed by atoms with Crippen molar-refractivity contribution in [1.82, 2.24) is 14.9 Å². The molecule has 1 aliphatic rings. The molecule has 0 N–H and O–H groups in total. The molecule has 0 atom stereocenters. The molecular formula is C20H18F2N4O3S. The molecular weight excluding hydrogens is 414 g/mol. The van der Waals surface area contributed by atoms with E-state index < -0.39 is 6.61 Å². The lowest BCUT2D eigenvalue weighted by molar-refractivity contribution is -0.0502. The van der Waals surface area contributed by atoms with Crippen molar-refractivity contribution >= 4 is 17.5 Å². The Labute approximate surface area is 175 Å². The van der Waals surface area contributed by atoms with Gasteiger partial charge in [0.15, 0.2) is 5.82 Å².